The molecule has 0 aliphatic heterocycles. The number of hydrogen-bond donors (Lipinski definition) is 0. The number of rotatable bonds is 3. The van der Waals surface area contributed by atoms with Crippen LogP contribution in [0.3, 0.4) is 0 Å². The summed E-state index contributed by atoms with van der Waals surface area (Å²) in [5, 5.41) is 19.7. The molecule has 2 aromatic rings. The van der Waals surface area contributed by atoms with Gasteiger partial charge in [-0.1, -0.05) is 0 Å². The van der Waals surface area contributed by atoms with Crippen LogP contribution in [0.5, 0.6) is 11.5 Å². The summed E-state index contributed by atoms with van der Waals surface area (Å²) in [7, 11) is 0. The van der Waals surface area contributed by atoms with E-state index in [1.165, 1.54) is 36.4 Å². The first-order valence-electron chi connectivity index (χ1n) is 5.32. The summed E-state index contributed by atoms with van der Waals surface area (Å²) in [6.45, 7) is 0. The Morgan fingerprint density at radius 2 is 2.00 bits per heavy atom. The molecular formula is C13H6BrFN2O3. The maximum Gasteiger partial charge on any atom is 0.311 e. The molecule has 0 saturated carbocycles. The first-order chi connectivity index (χ1) is 9.51. The lowest BCUT2D eigenvalue weighted by Crippen LogP contribution is -1.95. The maximum atomic E-state index is 13.0. The Kier molecular flexibility index (Phi) is 3.96. The van der Waals surface area contributed by atoms with Crippen LogP contribution in [0.1, 0.15) is 5.56 Å². The normalized spacial score (nSPS) is 9.85. The summed E-state index contributed by atoms with van der Waals surface area (Å²) in [6.07, 6.45) is 0. The second kappa shape index (κ2) is 5.67. The van der Waals surface area contributed by atoms with Gasteiger partial charge < -0.3 is 4.74 Å². The first-order valence-corrected chi connectivity index (χ1v) is 6.12. The van der Waals surface area contributed by atoms with Gasteiger partial charge in [-0.3, -0.25) is 10.1 Å². The third-order valence-corrected chi connectivity index (χ3v) is 3.02. The Morgan fingerprint density at radius 1 is 1.25 bits per heavy atom. The fourth-order valence-electron chi connectivity index (χ4n) is 1.49. The van der Waals surface area contributed by atoms with E-state index < -0.39 is 10.7 Å². The SMILES string of the molecule is N#Cc1ccc([N+](=O)[O-])c(Oc2ccc(F)cc2Br)c1. The van der Waals surface area contributed by atoms with Gasteiger partial charge in [-0.2, -0.15) is 5.26 Å². The lowest BCUT2D eigenvalue weighted by molar-refractivity contribution is -0.385. The van der Waals surface area contributed by atoms with Crippen molar-refractivity contribution < 1.29 is 14.1 Å². The predicted molar refractivity (Wildman–Crippen MR) is 72.0 cm³/mol. The van der Waals surface area contributed by atoms with Gasteiger partial charge in [0.05, 0.1) is 21.0 Å². The molecular weight excluding hydrogens is 331 g/mol. The van der Waals surface area contributed by atoms with E-state index in [0.29, 0.717) is 4.47 Å². The number of ether oxygens (including phenoxy) is 1. The van der Waals surface area contributed by atoms with Gasteiger partial charge in [0.1, 0.15) is 11.6 Å². The van der Waals surface area contributed by atoms with Crippen molar-refractivity contribution in [2.24, 2.45) is 0 Å². The number of nitro benzene ring substituents is 1. The second-order valence-electron chi connectivity index (χ2n) is 3.73. The highest BCUT2D eigenvalue weighted by molar-refractivity contribution is 9.10. The van der Waals surface area contributed by atoms with Crippen molar-refractivity contribution in [3.05, 3.63) is 62.4 Å². The van der Waals surface area contributed by atoms with E-state index in [1.54, 1.807) is 0 Å². The van der Waals surface area contributed by atoms with E-state index in [0.717, 1.165) is 0 Å². The van der Waals surface area contributed by atoms with E-state index in [2.05, 4.69) is 15.9 Å². The monoisotopic (exact) mass is 336 g/mol. The van der Waals surface area contributed by atoms with Crippen molar-refractivity contribution in [3.63, 3.8) is 0 Å². The number of nitrogens with zero attached hydrogens (tertiary/aromatic N) is 2. The molecule has 2 rings (SSSR count). The highest BCUT2D eigenvalue weighted by Crippen LogP contribution is 2.35. The van der Waals surface area contributed by atoms with Crippen LogP contribution in [-0.2, 0) is 0 Å². The number of hydrogen-bond acceptors (Lipinski definition) is 4. The third-order valence-electron chi connectivity index (χ3n) is 2.40. The molecule has 0 bridgehead atoms. The molecule has 0 radical (unpaired) electrons. The van der Waals surface area contributed by atoms with E-state index in [1.807, 2.05) is 6.07 Å². The predicted octanol–water partition coefficient (Wildman–Crippen LogP) is 4.16. The zero-order valence-corrected chi connectivity index (χ0v) is 11.4. The molecule has 0 aromatic heterocycles. The Hall–Kier alpha value is -2.46. The summed E-state index contributed by atoms with van der Waals surface area (Å²) < 4.78 is 18.7. The fourth-order valence-corrected chi connectivity index (χ4v) is 1.92. The van der Waals surface area contributed by atoms with Gasteiger partial charge in [0.25, 0.3) is 0 Å². The Morgan fingerprint density at radius 3 is 2.60 bits per heavy atom. The second-order valence-corrected chi connectivity index (χ2v) is 4.58. The zero-order valence-electron chi connectivity index (χ0n) is 9.84. The molecule has 0 saturated heterocycles. The van der Waals surface area contributed by atoms with E-state index in [9.17, 15) is 14.5 Å². The molecule has 7 heteroatoms. The molecule has 0 aliphatic rings. The third kappa shape index (κ3) is 2.92. The topological polar surface area (TPSA) is 76.2 Å². The van der Waals surface area contributed by atoms with Crippen LogP contribution in [0.2, 0.25) is 0 Å². The minimum Gasteiger partial charge on any atom is -0.449 e. The molecule has 0 aliphatic carbocycles. The molecule has 0 amide bonds. The summed E-state index contributed by atoms with van der Waals surface area (Å²) in [5.41, 5.74) is -0.0518. The highest BCUT2D eigenvalue weighted by Gasteiger charge is 2.17. The minimum absolute atomic E-state index is 0.0821. The van der Waals surface area contributed by atoms with Crippen LogP contribution in [0.15, 0.2) is 40.9 Å². The lowest BCUT2D eigenvalue weighted by atomic mass is 10.2. The molecule has 20 heavy (non-hydrogen) atoms. The number of nitriles is 1. The van der Waals surface area contributed by atoms with Crippen molar-refractivity contribution in [1.82, 2.24) is 0 Å². The maximum absolute atomic E-state index is 13.0. The van der Waals surface area contributed by atoms with Crippen LogP contribution in [0.25, 0.3) is 0 Å². The highest BCUT2D eigenvalue weighted by atomic mass is 79.9. The smallest absolute Gasteiger partial charge is 0.311 e. The van der Waals surface area contributed by atoms with Crippen LogP contribution in [-0.4, -0.2) is 4.92 Å². The molecule has 0 spiro atoms. The molecule has 0 heterocycles. The van der Waals surface area contributed by atoms with Gasteiger partial charge in [0.15, 0.2) is 0 Å². The first kappa shape index (κ1) is 14.0. The van der Waals surface area contributed by atoms with Crippen molar-refractivity contribution in [2.75, 3.05) is 0 Å². The van der Waals surface area contributed by atoms with Crippen LogP contribution in [0.4, 0.5) is 10.1 Å². The van der Waals surface area contributed by atoms with Crippen molar-refractivity contribution in [2.45, 2.75) is 0 Å². The standard InChI is InChI=1S/C13H6BrFN2O3/c14-10-6-9(15)2-4-12(10)20-13-5-8(7-16)1-3-11(13)17(18)19/h1-6H. The van der Waals surface area contributed by atoms with E-state index in [4.69, 9.17) is 10.00 Å². The molecule has 0 atom stereocenters. The van der Waals surface area contributed by atoms with Gasteiger partial charge in [0.2, 0.25) is 5.75 Å². The van der Waals surface area contributed by atoms with Crippen LogP contribution < -0.4 is 4.74 Å². The molecule has 100 valence electrons. The molecule has 0 fully saturated rings. The van der Waals surface area contributed by atoms with E-state index in [-0.39, 0.29) is 22.7 Å². The lowest BCUT2D eigenvalue weighted by Gasteiger charge is -2.08. The summed E-state index contributed by atoms with van der Waals surface area (Å²) >= 11 is 3.10. The van der Waals surface area contributed by atoms with Gasteiger partial charge >= 0.3 is 5.69 Å². The van der Waals surface area contributed by atoms with Crippen LogP contribution in [0, 0.1) is 27.3 Å². The summed E-state index contributed by atoms with van der Waals surface area (Å²) in [6, 6.07) is 9.31. The Bertz CT molecular complexity index is 728. The van der Waals surface area contributed by atoms with Crippen LogP contribution >= 0.6 is 15.9 Å². The minimum atomic E-state index is -0.617. The van der Waals surface area contributed by atoms with Gasteiger partial charge in [-0.15, -0.1) is 0 Å². The fraction of sp³-hybridized carbons (Fsp3) is 0. The zero-order chi connectivity index (χ0) is 14.7. The van der Waals surface area contributed by atoms with Gasteiger partial charge in [-0.05, 0) is 40.2 Å². The van der Waals surface area contributed by atoms with Gasteiger partial charge in [-0.25, -0.2) is 4.39 Å². The van der Waals surface area contributed by atoms with Crippen molar-refractivity contribution in [1.29, 1.82) is 5.26 Å². The number of benzene rings is 2. The molecule has 0 unspecified atom stereocenters. The number of halogens is 2. The van der Waals surface area contributed by atoms with Crippen molar-refractivity contribution in [3.8, 4) is 17.6 Å². The number of nitro groups is 1. The summed E-state index contributed by atoms with van der Waals surface area (Å²) in [5.74, 6) is -0.338. The quantitative estimate of drug-likeness (QED) is 0.622. The average Bonchev–Trinajstić information content (AvgIpc) is 2.41. The average molecular weight is 337 g/mol. The molecule has 5 nitrogen and oxygen atoms in total. The Balaban J connectivity index is 2.46. The van der Waals surface area contributed by atoms with Gasteiger partial charge in [0, 0.05) is 12.1 Å². The largest absolute Gasteiger partial charge is 0.449 e. The molecule has 2 aromatic carbocycles. The Labute approximate surface area is 121 Å². The van der Waals surface area contributed by atoms with Crippen molar-refractivity contribution >= 4 is 21.6 Å². The molecule has 0 N–H and O–H groups in total. The summed E-state index contributed by atoms with van der Waals surface area (Å²) in [4.78, 5) is 10.3. The van der Waals surface area contributed by atoms with E-state index >= 15 is 0 Å².